The van der Waals surface area contributed by atoms with Crippen LogP contribution in [0, 0.1) is 5.92 Å². The summed E-state index contributed by atoms with van der Waals surface area (Å²) in [5.41, 5.74) is 4.07. The second-order valence-corrected chi connectivity index (χ2v) is 10.2. The zero-order chi connectivity index (χ0) is 24.5. The lowest BCUT2D eigenvalue weighted by molar-refractivity contribution is -0.117. The minimum absolute atomic E-state index is 0.120. The first-order valence-corrected chi connectivity index (χ1v) is 11.7. The molecular formula is C23H15Cl5N4O2. The molecule has 0 spiro atoms. The summed E-state index contributed by atoms with van der Waals surface area (Å²) in [6.07, 6.45) is 3.00. The average Bonchev–Trinajstić information content (AvgIpc) is 3.37. The van der Waals surface area contributed by atoms with E-state index in [0.29, 0.717) is 27.0 Å². The molecule has 6 nitrogen and oxygen atoms in total. The van der Waals surface area contributed by atoms with Crippen molar-refractivity contribution in [2.24, 2.45) is 11.0 Å². The number of carbonyl (C=O) groups excluding carboxylic acids is 2. The van der Waals surface area contributed by atoms with Crippen LogP contribution in [0.1, 0.15) is 27.5 Å². The molecule has 1 aliphatic carbocycles. The first kappa shape index (κ1) is 24.8. The fourth-order valence-electron chi connectivity index (χ4n) is 3.49. The van der Waals surface area contributed by atoms with Gasteiger partial charge >= 0.3 is 0 Å². The van der Waals surface area contributed by atoms with Crippen molar-refractivity contribution in [2.75, 3.05) is 5.32 Å². The Kier molecular flexibility index (Phi) is 7.36. The van der Waals surface area contributed by atoms with Gasteiger partial charge in [-0.05, 0) is 54.1 Å². The van der Waals surface area contributed by atoms with Crippen molar-refractivity contribution in [3.63, 3.8) is 0 Å². The Morgan fingerprint density at radius 2 is 1.74 bits per heavy atom. The van der Waals surface area contributed by atoms with Crippen molar-refractivity contribution >= 4 is 81.7 Å². The quantitative estimate of drug-likeness (QED) is 0.211. The highest BCUT2D eigenvalue weighted by Gasteiger charge is 2.67. The SMILES string of the molecule is O=C(NN=Cc1ccccn1)c1cc(NC(=O)[C@H]2[C@H](c3cc(Cl)cc(Cl)c3)C2(Cl)Cl)ccc1Cl. The summed E-state index contributed by atoms with van der Waals surface area (Å²) in [5.74, 6) is -2.23. The van der Waals surface area contributed by atoms with Crippen molar-refractivity contribution in [3.8, 4) is 0 Å². The second-order valence-electron chi connectivity index (χ2n) is 7.47. The Labute approximate surface area is 220 Å². The maximum Gasteiger partial charge on any atom is 0.272 e. The summed E-state index contributed by atoms with van der Waals surface area (Å²) in [4.78, 5) is 29.5. The molecule has 1 fully saturated rings. The molecule has 174 valence electrons. The molecule has 1 aliphatic rings. The summed E-state index contributed by atoms with van der Waals surface area (Å²) in [7, 11) is 0. The topological polar surface area (TPSA) is 83.4 Å². The standard InChI is InChI=1S/C23H15Cl5N4O2/c24-13-7-12(8-14(25)9-13)19-20(23(19,27)28)22(34)31-15-4-5-18(26)17(10-15)21(33)32-30-11-16-3-1-2-6-29-16/h1-11,19-20H,(H,31,34)(H,32,33)/t19-,20+/m0/s1. The van der Waals surface area contributed by atoms with Gasteiger partial charge in [-0.15, -0.1) is 23.2 Å². The van der Waals surface area contributed by atoms with Gasteiger partial charge < -0.3 is 5.32 Å². The number of anilines is 1. The first-order valence-electron chi connectivity index (χ1n) is 9.85. The highest BCUT2D eigenvalue weighted by atomic mass is 35.5. The number of nitrogens with one attached hydrogen (secondary N) is 2. The number of hydrogen-bond acceptors (Lipinski definition) is 4. The molecule has 2 amide bonds. The number of amides is 2. The van der Waals surface area contributed by atoms with Gasteiger partial charge in [-0.3, -0.25) is 14.6 Å². The molecule has 2 N–H and O–H groups in total. The fourth-order valence-corrected chi connectivity index (χ4v) is 5.06. The zero-order valence-corrected chi connectivity index (χ0v) is 20.9. The highest BCUT2D eigenvalue weighted by Crippen LogP contribution is 2.65. The Hall–Kier alpha value is -2.35. The van der Waals surface area contributed by atoms with Crippen LogP contribution in [0.3, 0.4) is 0 Å². The molecule has 2 atom stereocenters. The van der Waals surface area contributed by atoms with Crippen LogP contribution >= 0.6 is 58.0 Å². The molecule has 4 rings (SSSR count). The van der Waals surface area contributed by atoms with Crippen LogP contribution in [0.5, 0.6) is 0 Å². The van der Waals surface area contributed by atoms with Crippen molar-refractivity contribution in [2.45, 2.75) is 10.3 Å². The monoisotopic (exact) mass is 554 g/mol. The van der Waals surface area contributed by atoms with Crippen LogP contribution in [-0.2, 0) is 4.79 Å². The minimum Gasteiger partial charge on any atom is -0.326 e. The van der Waals surface area contributed by atoms with E-state index in [9.17, 15) is 9.59 Å². The van der Waals surface area contributed by atoms with Gasteiger partial charge in [0, 0.05) is 27.8 Å². The molecule has 34 heavy (non-hydrogen) atoms. The Morgan fingerprint density at radius 3 is 2.41 bits per heavy atom. The van der Waals surface area contributed by atoms with Crippen molar-refractivity contribution < 1.29 is 9.59 Å². The third-order valence-electron chi connectivity index (χ3n) is 5.11. The van der Waals surface area contributed by atoms with Gasteiger partial charge in [-0.2, -0.15) is 5.10 Å². The van der Waals surface area contributed by atoms with Gasteiger partial charge in [0.05, 0.1) is 28.4 Å². The van der Waals surface area contributed by atoms with E-state index in [0.717, 1.165) is 0 Å². The average molecular weight is 557 g/mol. The van der Waals surface area contributed by atoms with Crippen LogP contribution in [0.15, 0.2) is 65.9 Å². The lowest BCUT2D eigenvalue weighted by Gasteiger charge is -2.09. The van der Waals surface area contributed by atoms with E-state index in [4.69, 9.17) is 58.0 Å². The van der Waals surface area contributed by atoms with Gasteiger partial charge in [-0.1, -0.05) is 40.9 Å². The lowest BCUT2D eigenvalue weighted by Crippen LogP contribution is -2.20. The molecule has 0 aliphatic heterocycles. The normalized spacial score (nSPS) is 18.5. The molecule has 0 saturated heterocycles. The van der Waals surface area contributed by atoms with Gasteiger partial charge in [0.2, 0.25) is 5.91 Å². The maximum absolute atomic E-state index is 12.9. The third kappa shape index (κ3) is 5.48. The summed E-state index contributed by atoms with van der Waals surface area (Å²) in [6.45, 7) is 0. The van der Waals surface area contributed by atoms with Gasteiger partial charge in [0.25, 0.3) is 5.91 Å². The number of carbonyl (C=O) groups is 2. The molecular weight excluding hydrogens is 542 g/mol. The molecule has 0 radical (unpaired) electrons. The molecule has 1 aromatic heterocycles. The summed E-state index contributed by atoms with van der Waals surface area (Å²) < 4.78 is -1.33. The van der Waals surface area contributed by atoms with E-state index in [1.165, 1.54) is 18.3 Å². The van der Waals surface area contributed by atoms with E-state index in [1.807, 2.05) is 0 Å². The third-order valence-corrected chi connectivity index (χ3v) is 6.82. The van der Waals surface area contributed by atoms with Crippen molar-refractivity contribution in [1.29, 1.82) is 0 Å². The molecule has 1 saturated carbocycles. The number of alkyl halides is 2. The van der Waals surface area contributed by atoms with Crippen LogP contribution in [0.2, 0.25) is 15.1 Å². The largest absolute Gasteiger partial charge is 0.326 e. The number of nitrogens with zero attached hydrogens (tertiary/aromatic N) is 2. The summed E-state index contributed by atoms with van der Waals surface area (Å²) in [5, 5.41) is 7.62. The molecule has 2 aromatic carbocycles. The van der Waals surface area contributed by atoms with Crippen molar-refractivity contribution in [1.82, 2.24) is 10.4 Å². The van der Waals surface area contributed by atoms with E-state index in [-0.39, 0.29) is 10.6 Å². The lowest BCUT2D eigenvalue weighted by atomic mass is 10.1. The number of halogens is 5. The summed E-state index contributed by atoms with van der Waals surface area (Å²) >= 11 is 31.1. The summed E-state index contributed by atoms with van der Waals surface area (Å²) in [6, 6.07) is 14.7. The minimum atomic E-state index is -1.33. The molecule has 1 heterocycles. The van der Waals surface area contributed by atoms with Crippen molar-refractivity contribution in [3.05, 3.63) is 92.7 Å². The maximum atomic E-state index is 12.9. The zero-order valence-electron chi connectivity index (χ0n) is 17.1. The second kappa shape index (κ2) is 10.1. The fraction of sp³-hybridized carbons (Fsp3) is 0.130. The predicted octanol–water partition coefficient (Wildman–Crippen LogP) is 6.33. The number of aromatic nitrogens is 1. The number of rotatable bonds is 6. The molecule has 3 aromatic rings. The van der Waals surface area contributed by atoms with Crippen LogP contribution in [0.4, 0.5) is 5.69 Å². The predicted molar refractivity (Wildman–Crippen MR) is 137 cm³/mol. The number of pyridine rings is 1. The number of benzene rings is 2. The Balaban J connectivity index is 1.46. The Morgan fingerprint density at radius 1 is 1.00 bits per heavy atom. The Bertz CT molecular complexity index is 1260. The molecule has 0 bridgehead atoms. The van der Waals surface area contributed by atoms with Crippen LogP contribution in [0.25, 0.3) is 0 Å². The smallest absolute Gasteiger partial charge is 0.272 e. The highest BCUT2D eigenvalue weighted by molar-refractivity contribution is 6.53. The van der Waals surface area contributed by atoms with Gasteiger partial charge in [0.15, 0.2) is 0 Å². The van der Waals surface area contributed by atoms with E-state index < -0.39 is 28.0 Å². The van der Waals surface area contributed by atoms with Gasteiger partial charge in [0.1, 0.15) is 4.33 Å². The number of hydrazone groups is 1. The van der Waals surface area contributed by atoms with Gasteiger partial charge in [-0.25, -0.2) is 5.43 Å². The van der Waals surface area contributed by atoms with Crippen LogP contribution < -0.4 is 10.7 Å². The van der Waals surface area contributed by atoms with Crippen LogP contribution in [-0.4, -0.2) is 27.3 Å². The first-order chi connectivity index (χ1) is 16.2. The molecule has 11 heteroatoms. The van der Waals surface area contributed by atoms with E-state index >= 15 is 0 Å². The van der Waals surface area contributed by atoms with E-state index in [1.54, 1.807) is 48.7 Å². The number of hydrogen-bond donors (Lipinski definition) is 2. The van der Waals surface area contributed by atoms with E-state index in [2.05, 4.69) is 20.8 Å². The molecule has 0 unspecified atom stereocenters.